The standard InChI is InChI=1S/4C23H13N2O2.C12H8N3.C11H8N.C5H8O2.4Ir/c4*1-3-10-19-17(8-1)25-18-9-2-4-11-20(18)27-22-14-15(13-21(26-19)23(22)25)16-7-5-6-12-24-16;1-2-6-10-9(5-1)14-12(15-10)11-7-3-4-8-13-11;1-2-6-10(7-3-1)11-8-4-5-9-12-11;1-4(6)3-5(2)7;;;;/h4*1-13H;1-8H;1-6,8-9H;3,6H,1-2H3;;;;/q6*-1;;;;;. The van der Waals surface area contributed by atoms with Crippen LogP contribution in [0, 0.1) is 30.3 Å². The fourth-order valence-corrected chi connectivity index (χ4v) is 17.3. The summed E-state index contributed by atoms with van der Waals surface area (Å²) < 4.78 is 49.7. The van der Waals surface area contributed by atoms with Gasteiger partial charge in [-0.05, 0) is 199 Å². The van der Waals surface area contributed by atoms with E-state index in [1.54, 1.807) is 37.2 Å². The molecule has 0 fully saturated rings. The van der Waals surface area contributed by atoms with Gasteiger partial charge in [0, 0.05) is 146 Å². The predicted octanol–water partition coefficient (Wildman–Crippen LogP) is 30.7. The van der Waals surface area contributed by atoms with Crippen molar-refractivity contribution in [1.82, 2.24) is 39.9 Å². The third-order valence-electron chi connectivity index (χ3n) is 23.4. The van der Waals surface area contributed by atoms with E-state index in [4.69, 9.17) is 43.0 Å². The number of para-hydroxylation sites is 18. The molecule has 0 atom stereocenters. The Kier molecular flexibility index (Phi) is 29.3. The first-order valence-electron chi connectivity index (χ1n) is 45.6. The van der Waals surface area contributed by atoms with Crippen molar-refractivity contribution in [2.45, 2.75) is 13.8 Å². The van der Waals surface area contributed by atoms with Crippen molar-refractivity contribution in [2.75, 3.05) is 19.6 Å². The van der Waals surface area contributed by atoms with Gasteiger partial charge in [-0.1, -0.05) is 237 Å². The molecule has 0 spiro atoms. The van der Waals surface area contributed by atoms with Gasteiger partial charge in [0.2, 0.25) is 0 Å². The zero-order chi connectivity index (χ0) is 95.4. The maximum absolute atomic E-state index is 10.0. The molecule has 0 saturated carbocycles. The third kappa shape index (κ3) is 19.9. The van der Waals surface area contributed by atoms with E-state index in [1.165, 1.54) is 19.9 Å². The van der Waals surface area contributed by atoms with Crippen LogP contribution in [0.4, 0.5) is 68.2 Å². The molecule has 0 bridgehead atoms. The van der Waals surface area contributed by atoms with E-state index in [1.807, 2.05) is 328 Å². The Morgan fingerprint density at radius 3 is 0.753 bits per heavy atom. The number of carbonyl (C=O) groups excluding carboxylic acids is 1. The van der Waals surface area contributed by atoms with Crippen LogP contribution in [0.25, 0.3) is 78.8 Å². The van der Waals surface area contributed by atoms with Crippen LogP contribution >= 0.6 is 0 Å². The number of imidazole rings is 1. The quantitative estimate of drug-likeness (QED) is 0.0888. The zero-order valence-corrected chi connectivity index (χ0v) is 86.7. The summed E-state index contributed by atoms with van der Waals surface area (Å²) >= 11 is 0. The van der Waals surface area contributed by atoms with Crippen LogP contribution in [-0.4, -0.2) is 45.8 Å². The monoisotopic (exact) mass is 2620 g/mol. The van der Waals surface area contributed by atoms with Gasteiger partial charge in [-0.15, -0.1) is 58.1 Å². The van der Waals surface area contributed by atoms with E-state index in [0.717, 1.165) is 210 Å². The largest absolute Gasteiger partial charge is 0.512 e. The SMILES string of the molecule is CC(=O)C=C(C)O.[Ir].[Ir].[Ir].[Ir].[c-]1c(-c2ccccn2)cc2c3c1Oc1ccccc1N3c1ccccc1O2.[c-]1c(-c2ccccn2)cc2c3c1Oc1ccccc1N3c1ccccc1O2.[c-]1c(-c2ccccn2)cc2c3c1Oc1ccccc1N3c1ccccc1O2.[c-]1c(-c2ccccn2)cc2c3c1Oc1ccccc1N3c1ccccc1O2.[c-]1ccccc1-c1ccccn1.c1ccc(-c2nc3ccccc3[n-]2)nc1. The normalized spacial score (nSPS) is 12.0. The number of anilines is 12. The van der Waals surface area contributed by atoms with Gasteiger partial charge >= 0.3 is 0 Å². The van der Waals surface area contributed by atoms with E-state index < -0.39 is 0 Å². The van der Waals surface area contributed by atoms with Crippen LogP contribution in [0.1, 0.15) is 13.8 Å². The Hall–Kier alpha value is -17.1. The number of ether oxygens (including phenoxy) is 8. The number of rotatable bonds is 7. The second kappa shape index (κ2) is 43.8. The first-order valence-corrected chi connectivity index (χ1v) is 45.6. The molecule has 0 aliphatic carbocycles. The number of ketones is 1. The molecule has 718 valence electrons. The number of fused-ring (bicyclic) bond motifs is 17. The molecular weight excluding hydrogens is 2540 g/mol. The van der Waals surface area contributed by atoms with Gasteiger partial charge < -0.3 is 97.5 Å². The van der Waals surface area contributed by atoms with E-state index in [9.17, 15) is 4.79 Å². The molecule has 21 aromatic rings. The summed E-state index contributed by atoms with van der Waals surface area (Å²) in [6, 6.07) is 139. The van der Waals surface area contributed by atoms with Crippen molar-refractivity contribution in [3.63, 3.8) is 0 Å². The molecule has 8 aliphatic rings. The fourth-order valence-electron chi connectivity index (χ4n) is 17.3. The zero-order valence-electron chi connectivity index (χ0n) is 77.2. The topological polar surface area (TPSA) is 228 Å². The molecule has 22 nitrogen and oxygen atoms in total. The molecule has 29 rings (SSSR count). The summed E-state index contributed by atoms with van der Waals surface area (Å²) in [5.74, 6) is 12.5. The van der Waals surface area contributed by atoms with Crippen LogP contribution in [0.5, 0.6) is 92.0 Å². The molecule has 0 amide bonds. The minimum absolute atomic E-state index is 0. The summed E-state index contributed by atoms with van der Waals surface area (Å²) in [5.41, 5.74) is 22.7. The van der Waals surface area contributed by atoms with Crippen LogP contribution in [0.3, 0.4) is 0 Å². The predicted molar refractivity (Wildman–Crippen MR) is 547 cm³/mol. The number of carbonyl (C=O) groups is 1. The van der Waals surface area contributed by atoms with Crippen LogP contribution < -0.4 is 62.5 Å². The number of benzene rings is 14. The molecule has 7 aromatic heterocycles. The molecule has 26 heteroatoms. The average molecular weight is 2610 g/mol. The Morgan fingerprint density at radius 1 is 0.274 bits per heavy atom. The van der Waals surface area contributed by atoms with Gasteiger partial charge in [0.05, 0.1) is 103 Å². The van der Waals surface area contributed by atoms with Crippen molar-refractivity contribution in [3.05, 3.63) is 455 Å². The minimum Gasteiger partial charge on any atom is -0.512 e. The molecule has 14 aromatic carbocycles. The summed E-state index contributed by atoms with van der Waals surface area (Å²) in [4.78, 5) is 53.8. The first kappa shape index (κ1) is 97.7. The van der Waals surface area contributed by atoms with E-state index in [0.29, 0.717) is 28.8 Å². The maximum atomic E-state index is 10.0. The number of aromatic nitrogens is 8. The molecule has 4 radical (unpaired) electrons. The molecule has 8 aliphatic heterocycles. The number of allylic oxidation sites excluding steroid dienone is 2. The van der Waals surface area contributed by atoms with E-state index in [2.05, 4.69) is 138 Å². The van der Waals surface area contributed by atoms with Crippen molar-refractivity contribution in [2.24, 2.45) is 0 Å². The van der Waals surface area contributed by atoms with Gasteiger partial charge in [0.25, 0.3) is 0 Å². The maximum Gasteiger partial charge on any atom is 0.155 e. The van der Waals surface area contributed by atoms with Crippen molar-refractivity contribution < 1.29 is 128 Å². The smallest absolute Gasteiger partial charge is 0.155 e. The fraction of sp³-hybridized carbons (Fsp3) is 0.0167. The van der Waals surface area contributed by atoms with Crippen LogP contribution in [-0.2, 0) is 85.2 Å². The van der Waals surface area contributed by atoms with Gasteiger partial charge in [-0.25, -0.2) is 0 Å². The second-order valence-electron chi connectivity index (χ2n) is 32.8. The average Bonchev–Trinajstić information content (AvgIpc) is 0.860. The van der Waals surface area contributed by atoms with Gasteiger partial charge in [-0.2, -0.15) is 0 Å². The molecular formula is C120H76Ir4N12O10-6. The Balaban J connectivity index is 0.000000110. The molecule has 1 N–H and O–H groups in total. The Labute approximate surface area is 894 Å². The third-order valence-corrected chi connectivity index (χ3v) is 23.4. The number of pyridine rings is 6. The number of aliphatic hydroxyl groups excluding tert-OH is 1. The van der Waals surface area contributed by atoms with Gasteiger partial charge in [-0.3, -0.25) is 9.78 Å². The summed E-state index contributed by atoms with van der Waals surface area (Å²) in [6.45, 7) is 2.85. The molecule has 15 heterocycles. The second-order valence-corrected chi connectivity index (χ2v) is 32.8. The van der Waals surface area contributed by atoms with Crippen LogP contribution in [0.2, 0.25) is 0 Å². The van der Waals surface area contributed by atoms with Crippen molar-refractivity contribution >= 4 is 85.1 Å². The van der Waals surface area contributed by atoms with E-state index in [-0.39, 0.29) is 92.0 Å². The summed E-state index contributed by atoms with van der Waals surface area (Å²) in [5, 5.41) is 8.36. The Bertz CT molecular complexity index is 7250. The molecule has 146 heavy (non-hydrogen) atoms. The number of aliphatic hydroxyl groups is 1. The summed E-state index contributed by atoms with van der Waals surface area (Å²) in [6.07, 6.45) is 11.8. The molecule has 0 unspecified atom stereocenters. The van der Waals surface area contributed by atoms with Crippen molar-refractivity contribution in [1.29, 1.82) is 0 Å². The number of hydrogen-bond donors (Lipinski definition) is 1. The summed E-state index contributed by atoms with van der Waals surface area (Å²) in [7, 11) is 0. The van der Waals surface area contributed by atoms with Crippen LogP contribution in [0.15, 0.2) is 425 Å². The van der Waals surface area contributed by atoms with E-state index >= 15 is 0 Å². The van der Waals surface area contributed by atoms with Crippen molar-refractivity contribution in [3.8, 4) is 160 Å². The van der Waals surface area contributed by atoms with Gasteiger partial charge in [0.15, 0.2) is 5.78 Å². The molecule has 0 saturated heterocycles. The van der Waals surface area contributed by atoms with Gasteiger partial charge in [0.1, 0.15) is 46.0 Å². The first-order chi connectivity index (χ1) is 70.1. The number of hydrogen-bond acceptors (Lipinski definition) is 21. The number of nitrogens with zero attached hydrogens (tertiary/aromatic N) is 12. The Morgan fingerprint density at radius 2 is 0.514 bits per heavy atom. The minimum atomic E-state index is -0.125.